The predicted molar refractivity (Wildman–Crippen MR) is 234 cm³/mol. The second-order valence-corrected chi connectivity index (χ2v) is 17.9. The third-order valence-corrected chi connectivity index (χ3v) is 15.6. The summed E-state index contributed by atoms with van der Waals surface area (Å²) < 4.78 is 0. The number of benzene rings is 5. The minimum atomic E-state index is 0.281. The van der Waals surface area contributed by atoms with Crippen molar-refractivity contribution < 1.29 is 0 Å². The average Bonchev–Trinajstić information content (AvgIpc) is 3.78. The van der Waals surface area contributed by atoms with Crippen LogP contribution in [0.4, 0.5) is 0 Å². The molecule has 56 heavy (non-hydrogen) atoms. The molecule has 7 unspecified atom stereocenters. The summed E-state index contributed by atoms with van der Waals surface area (Å²) in [4.78, 5) is 0. The fourth-order valence-electron chi connectivity index (χ4n) is 13.7. The van der Waals surface area contributed by atoms with Gasteiger partial charge in [-0.3, -0.25) is 0 Å². The summed E-state index contributed by atoms with van der Waals surface area (Å²) in [5.74, 6) is 2.79. The quantitative estimate of drug-likeness (QED) is 0.174. The molecular formula is C56H46. The van der Waals surface area contributed by atoms with E-state index in [-0.39, 0.29) is 5.92 Å². The molecule has 0 aromatic heterocycles. The highest BCUT2D eigenvalue weighted by Crippen LogP contribution is 2.70. The van der Waals surface area contributed by atoms with Crippen molar-refractivity contribution >= 4 is 33.1 Å². The summed E-state index contributed by atoms with van der Waals surface area (Å²) in [7, 11) is 0. The van der Waals surface area contributed by atoms with E-state index in [9.17, 15) is 0 Å². The number of rotatable bonds is 3. The first-order valence-corrected chi connectivity index (χ1v) is 21.4. The molecule has 13 rings (SSSR count). The fourth-order valence-corrected chi connectivity index (χ4v) is 13.7. The van der Waals surface area contributed by atoms with Gasteiger partial charge in [0.15, 0.2) is 0 Å². The minimum Gasteiger partial charge on any atom is -0.0836 e. The SMILES string of the molecule is CCc1c2c(c(C)c3ccccc13)C1CC=C3c4ccc5c6c4C(=CC(C)C6C4=C(C6=CCCC=C6)c6ccccc6C(c6ccccc6)C45)C4=CC=C2C1C43. The number of aryl methyl sites for hydroxylation is 2. The molecule has 0 spiro atoms. The lowest BCUT2D eigenvalue weighted by Gasteiger charge is -2.46. The van der Waals surface area contributed by atoms with E-state index in [4.69, 9.17) is 0 Å². The molecule has 0 nitrogen and oxygen atoms in total. The van der Waals surface area contributed by atoms with Gasteiger partial charge in [0.1, 0.15) is 0 Å². The number of hydrogen-bond donors (Lipinski definition) is 0. The van der Waals surface area contributed by atoms with Crippen LogP contribution in [-0.2, 0) is 6.42 Å². The van der Waals surface area contributed by atoms with Crippen LogP contribution in [0.1, 0.15) is 118 Å². The molecule has 0 amide bonds. The van der Waals surface area contributed by atoms with Crippen molar-refractivity contribution in [3.05, 3.63) is 211 Å². The van der Waals surface area contributed by atoms with Gasteiger partial charge in [-0.1, -0.05) is 147 Å². The van der Waals surface area contributed by atoms with Gasteiger partial charge in [-0.05, 0) is 155 Å². The minimum absolute atomic E-state index is 0.281. The maximum absolute atomic E-state index is 2.74. The Balaban J connectivity index is 1.07. The molecule has 0 aliphatic heterocycles. The van der Waals surface area contributed by atoms with Gasteiger partial charge in [-0.2, -0.15) is 0 Å². The monoisotopic (exact) mass is 718 g/mol. The second kappa shape index (κ2) is 11.3. The molecule has 0 bridgehead atoms. The van der Waals surface area contributed by atoms with Crippen molar-refractivity contribution in [1.82, 2.24) is 0 Å². The summed E-state index contributed by atoms with van der Waals surface area (Å²) in [6, 6.07) is 35.3. The van der Waals surface area contributed by atoms with E-state index in [1.165, 1.54) is 49.7 Å². The van der Waals surface area contributed by atoms with Crippen LogP contribution in [-0.4, -0.2) is 0 Å². The van der Waals surface area contributed by atoms with Crippen LogP contribution in [0.3, 0.4) is 0 Å². The lowest BCUT2D eigenvalue weighted by Crippen LogP contribution is -2.32. The first kappa shape index (κ1) is 31.7. The van der Waals surface area contributed by atoms with Gasteiger partial charge < -0.3 is 0 Å². The third-order valence-electron chi connectivity index (χ3n) is 15.6. The van der Waals surface area contributed by atoms with Crippen molar-refractivity contribution in [3.8, 4) is 0 Å². The molecule has 270 valence electrons. The van der Waals surface area contributed by atoms with Crippen LogP contribution < -0.4 is 0 Å². The Morgan fingerprint density at radius 2 is 1.45 bits per heavy atom. The van der Waals surface area contributed by atoms with E-state index in [1.54, 1.807) is 61.2 Å². The van der Waals surface area contributed by atoms with Crippen molar-refractivity contribution in [1.29, 1.82) is 0 Å². The standard InChI is InChI=1S/C56H46/c1-4-34-36-20-12-11-19-35(36)31(3)47-42-26-23-39-40-24-28-44-54-46(30(2)29-45(52(40)54)41-25-27-43(50(34)47)53(42)51(39)41)56-49(33-17-9-6-10-18-33)38-22-14-13-21-37(38)48(55(44)56)32-15-7-5-8-16-32/h5,7-9,11-25,27-30,42,46,48,51,53,55H,4,6,10,26H2,1-3H3. The summed E-state index contributed by atoms with van der Waals surface area (Å²) in [6.07, 6.45) is 22.4. The first-order valence-electron chi connectivity index (χ1n) is 21.4. The molecule has 8 aliphatic carbocycles. The molecule has 0 saturated heterocycles. The van der Waals surface area contributed by atoms with Crippen LogP contribution in [0.15, 0.2) is 150 Å². The lowest BCUT2D eigenvalue weighted by molar-refractivity contribution is 0.456. The Kier molecular flexibility index (Phi) is 6.41. The zero-order valence-corrected chi connectivity index (χ0v) is 32.6. The Labute approximate surface area is 331 Å². The van der Waals surface area contributed by atoms with Gasteiger partial charge in [0.05, 0.1) is 0 Å². The Morgan fingerprint density at radius 1 is 0.643 bits per heavy atom. The molecule has 0 saturated carbocycles. The van der Waals surface area contributed by atoms with Gasteiger partial charge in [0.2, 0.25) is 0 Å². The highest BCUT2D eigenvalue weighted by molar-refractivity contribution is 6.05. The van der Waals surface area contributed by atoms with E-state index in [0.29, 0.717) is 35.5 Å². The molecule has 0 radical (unpaired) electrons. The van der Waals surface area contributed by atoms with Crippen LogP contribution in [0.5, 0.6) is 0 Å². The van der Waals surface area contributed by atoms with E-state index >= 15 is 0 Å². The molecule has 0 fully saturated rings. The smallest absolute Gasteiger partial charge is 0.0202 e. The molecular weight excluding hydrogens is 673 g/mol. The van der Waals surface area contributed by atoms with Gasteiger partial charge >= 0.3 is 0 Å². The molecule has 7 atom stereocenters. The molecule has 8 aliphatic rings. The Morgan fingerprint density at radius 3 is 2.29 bits per heavy atom. The normalized spacial score (nSPS) is 28.0. The van der Waals surface area contributed by atoms with Gasteiger partial charge in [0.25, 0.3) is 0 Å². The van der Waals surface area contributed by atoms with Crippen molar-refractivity contribution in [2.45, 2.75) is 70.1 Å². The van der Waals surface area contributed by atoms with Crippen LogP contribution in [0, 0.1) is 24.7 Å². The van der Waals surface area contributed by atoms with E-state index in [2.05, 4.69) is 154 Å². The molecule has 5 aromatic rings. The van der Waals surface area contributed by atoms with E-state index < -0.39 is 0 Å². The maximum atomic E-state index is 2.74. The summed E-state index contributed by atoms with van der Waals surface area (Å²) >= 11 is 0. The lowest BCUT2D eigenvalue weighted by atomic mass is 9.57. The Hall–Kier alpha value is -5.46. The van der Waals surface area contributed by atoms with E-state index in [1.807, 2.05) is 0 Å². The topological polar surface area (TPSA) is 0 Å². The molecule has 0 heteroatoms. The summed E-state index contributed by atoms with van der Waals surface area (Å²) in [5, 5.41) is 2.91. The predicted octanol–water partition coefficient (Wildman–Crippen LogP) is 14.0. The van der Waals surface area contributed by atoms with E-state index in [0.717, 1.165) is 25.7 Å². The molecule has 5 aromatic carbocycles. The largest absolute Gasteiger partial charge is 0.0836 e. The third kappa shape index (κ3) is 3.82. The number of hydrogen-bond acceptors (Lipinski definition) is 0. The zero-order valence-electron chi connectivity index (χ0n) is 32.6. The highest BCUT2D eigenvalue weighted by Gasteiger charge is 2.55. The van der Waals surface area contributed by atoms with Gasteiger partial charge in [-0.25, -0.2) is 0 Å². The van der Waals surface area contributed by atoms with Crippen LogP contribution in [0.25, 0.3) is 33.1 Å². The van der Waals surface area contributed by atoms with Crippen molar-refractivity contribution in [2.24, 2.45) is 17.8 Å². The average molecular weight is 719 g/mol. The summed E-state index contributed by atoms with van der Waals surface area (Å²) in [6.45, 7) is 7.33. The highest BCUT2D eigenvalue weighted by atomic mass is 14.6. The summed E-state index contributed by atoms with van der Waals surface area (Å²) in [5.41, 5.74) is 27.9. The fraction of sp³-hybridized carbons (Fsp3) is 0.250. The van der Waals surface area contributed by atoms with Crippen LogP contribution >= 0.6 is 0 Å². The first-order chi connectivity index (χ1) is 27.6. The number of allylic oxidation sites excluding steroid dienone is 14. The van der Waals surface area contributed by atoms with Gasteiger partial charge in [0, 0.05) is 29.6 Å². The van der Waals surface area contributed by atoms with Crippen LogP contribution in [0.2, 0.25) is 0 Å². The zero-order chi connectivity index (χ0) is 37.0. The van der Waals surface area contributed by atoms with Gasteiger partial charge in [-0.15, -0.1) is 0 Å². The van der Waals surface area contributed by atoms with Crippen molar-refractivity contribution in [3.63, 3.8) is 0 Å². The number of fused-ring (bicyclic) bond motifs is 10. The molecule has 0 N–H and O–H groups in total. The second-order valence-electron chi connectivity index (χ2n) is 17.9. The Bertz CT molecular complexity index is 2860. The molecule has 0 heterocycles. The van der Waals surface area contributed by atoms with Crippen molar-refractivity contribution in [2.75, 3.05) is 0 Å². The maximum Gasteiger partial charge on any atom is 0.0202 e.